The predicted octanol–water partition coefficient (Wildman–Crippen LogP) is 5.53. The van der Waals surface area contributed by atoms with Gasteiger partial charge >= 0.3 is 5.97 Å². The summed E-state index contributed by atoms with van der Waals surface area (Å²) in [5.74, 6) is 1.22. The van der Waals surface area contributed by atoms with Crippen molar-refractivity contribution in [1.29, 1.82) is 0 Å². The highest BCUT2D eigenvalue weighted by Crippen LogP contribution is 2.41. The van der Waals surface area contributed by atoms with Crippen molar-refractivity contribution in [1.82, 2.24) is 0 Å². The van der Waals surface area contributed by atoms with Crippen LogP contribution in [0.25, 0.3) is 0 Å². The zero-order valence-corrected chi connectivity index (χ0v) is 17.8. The summed E-state index contributed by atoms with van der Waals surface area (Å²) in [6.45, 7) is 16.8. The lowest BCUT2D eigenvalue weighted by Crippen LogP contribution is -2.17. The summed E-state index contributed by atoms with van der Waals surface area (Å²) in [5.41, 5.74) is 2.28. The van der Waals surface area contributed by atoms with Gasteiger partial charge in [0.2, 0.25) is 0 Å². The molecule has 146 valence electrons. The smallest absolute Gasteiger partial charge is 0.336 e. The summed E-state index contributed by atoms with van der Waals surface area (Å²) in [6, 6.07) is 4.05. The summed E-state index contributed by atoms with van der Waals surface area (Å²) in [7, 11) is 1.69. The first-order valence-corrected chi connectivity index (χ1v) is 9.15. The molecule has 4 nitrogen and oxygen atoms in total. The second-order valence-electron chi connectivity index (χ2n) is 8.60. The van der Waals surface area contributed by atoms with Crippen LogP contribution in [0.15, 0.2) is 24.0 Å². The molecular formula is C22H34O4. The molecule has 0 spiro atoms. The summed E-state index contributed by atoms with van der Waals surface area (Å²) >= 11 is 0. The Balaban J connectivity index is 3.33. The van der Waals surface area contributed by atoms with Crippen LogP contribution in [0.2, 0.25) is 0 Å². The molecule has 0 radical (unpaired) electrons. The molecule has 0 saturated heterocycles. The van der Waals surface area contributed by atoms with Crippen molar-refractivity contribution in [3.05, 3.63) is 35.1 Å². The predicted molar refractivity (Wildman–Crippen MR) is 106 cm³/mol. The Bertz CT molecular complexity index is 658. The molecule has 0 aliphatic rings. The van der Waals surface area contributed by atoms with Crippen molar-refractivity contribution in [3.8, 4) is 11.5 Å². The first kappa shape index (κ1) is 22.1. The van der Waals surface area contributed by atoms with Crippen molar-refractivity contribution in [3.63, 3.8) is 0 Å². The third-order valence-electron chi connectivity index (χ3n) is 4.04. The van der Waals surface area contributed by atoms with Crippen LogP contribution >= 0.6 is 0 Å². The van der Waals surface area contributed by atoms with Gasteiger partial charge in [0, 0.05) is 11.1 Å². The Hall–Kier alpha value is -1.97. The molecule has 1 aromatic rings. The first-order valence-electron chi connectivity index (χ1n) is 9.15. The maximum atomic E-state index is 11.9. The van der Waals surface area contributed by atoms with Crippen molar-refractivity contribution in [2.24, 2.45) is 0 Å². The summed E-state index contributed by atoms with van der Waals surface area (Å²) in [5, 5.41) is 0. The second-order valence-corrected chi connectivity index (χ2v) is 8.60. The van der Waals surface area contributed by atoms with Crippen LogP contribution in [-0.4, -0.2) is 19.7 Å². The fourth-order valence-electron chi connectivity index (χ4n) is 2.51. The first-order chi connectivity index (χ1) is 11.9. The van der Waals surface area contributed by atoms with Crippen LogP contribution in [0.5, 0.6) is 11.5 Å². The Morgan fingerprint density at radius 1 is 1.00 bits per heavy atom. The normalized spacial score (nSPS) is 12.7. The molecule has 0 N–H and O–H groups in total. The van der Waals surface area contributed by atoms with Gasteiger partial charge in [-0.1, -0.05) is 48.5 Å². The van der Waals surface area contributed by atoms with Crippen LogP contribution in [0.4, 0.5) is 0 Å². The lowest BCUT2D eigenvalue weighted by Gasteiger charge is -2.28. The average molecular weight is 363 g/mol. The van der Waals surface area contributed by atoms with Crippen LogP contribution in [0.1, 0.15) is 72.9 Å². The fraction of sp³-hybridized carbons (Fsp3) is 0.591. The van der Waals surface area contributed by atoms with Crippen LogP contribution in [0.3, 0.4) is 0 Å². The molecule has 0 aromatic heterocycles. The minimum atomic E-state index is -0.353. The highest BCUT2D eigenvalue weighted by atomic mass is 16.5. The van der Waals surface area contributed by atoms with E-state index in [1.807, 2.05) is 19.1 Å². The third kappa shape index (κ3) is 5.79. The van der Waals surface area contributed by atoms with Gasteiger partial charge in [-0.05, 0) is 36.3 Å². The van der Waals surface area contributed by atoms with E-state index in [-0.39, 0.29) is 16.8 Å². The van der Waals surface area contributed by atoms with E-state index in [4.69, 9.17) is 14.2 Å². The minimum Gasteiger partial charge on any atom is -0.496 e. The molecule has 1 rings (SSSR count). The lowest BCUT2D eigenvalue weighted by atomic mass is 9.81. The quantitative estimate of drug-likeness (QED) is 0.379. The van der Waals surface area contributed by atoms with Crippen molar-refractivity contribution >= 4 is 5.97 Å². The van der Waals surface area contributed by atoms with E-state index in [1.54, 1.807) is 14.0 Å². The van der Waals surface area contributed by atoms with Crippen LogP contribution < -0.4 is 9.47 Å². The second kappa shape index (κ2) is 8.61. The van der Waals surface area contributed by atoms with Crippen molar-refractivity contribution in [2.75, 3.05) is 13.7 Å². The number of carbonyl (C=O) groups is 1. The standard InChI is InChI=1S/C22H34O4/c1-10-11-25-20(23)15(2)14-26-19-13-16(21(3,4)5)18(24-9)12-17(19)22(6,7)8/h12-14H,10-11H2,1-9H3. The zero-order chi connectivity index (χ0) is 20.1. The van der Waals surface area contributed by atoms with E-state index in [9.17, 15) is 4.79 Å². The molecule has 0 aliphatic heterocycles. The van der Waals surface area contributed by atoms with Gasteiger partial charge in [0.05, 0.1) is 19.3 Å². The number of carbonyl (C=O) groups excluding carboxylic acids is 1. The van der Waals surface area contributed by atoms with E-state index in [1.165, 1.54) is 6.26 Å². The molecular weight excluding hydrogens is 328 g/mol. The topological polar surface area (TPSA) is 44.8 Å². The Kier molecular flexibility index (Phi) is 7.31. The van der Waals surface area contributed by atoms with Gasteiger partial charge < -0.3 is 14.2 Å². The number of benzene rings is 1. The highest BCUT2D eigenvalue weighted by molar-refractivity contribution is 5.87. The maximum Gasteiger partial charge on any atom is 0.336 e. The Labute approximate surface area is 158 Å². The number of methoxy groups -OCH3 is 1. The molecule has 26 heavy (non-hydrogen) atoms. The van der Waals surface area contributed by atoms with Crippen molar-refractivity contribution in [2.45, 2.75) is 72.6 Å². The van der Waals surface area contributed by atoms with Gasteiger partial charge in [0.25, 0.3) is 0 Å². The maximum absolute atomic E-state index is 11.9. The molecule has 0 unspecified atom stereocenters. The molecule has 0 bridgehead atoms. The third-order valence-corrected chi connectivity index (χ3v) is 4.04. The van der Waals surface area contributed by atoms with Gasteiger partial charge in [-0.2, -0.15) is 0 Å². The fourth-order valence-corrected chi connectivity index (χ4v) is 2.51. The van der Waals surface area contributed by atoms with E-state index < -0.39 is 0 Å². The monoisotopic (exact) mass is 362 g/mol. The SMILES string of the molecule is CCCOC(=O)C(C)=COc1cc(C(C)(C)C)c(OC)cc1C(C)(C)C. The molecule has 0 atom stereocenters. The largest absolute Gasteiger partial charge is 0.496 e. The van der Waals surface area contributed by atoms with E-state index in [0.29, 0.717) is 12.2 Å². The minimum absolute atomic E-state index is 0.0985. The summed E-state index contributed by atoms with van der Waals surface area (Å²) in [4.78, 5) is 11.9. The van der Waals surface area contributed by atoms with Gasteiger partial charge in [-0.3, -0.25) is 0 Å². The van der Waals surface area contributed by atoms with E-state index in [2.05, 4.69) is 41.5 Å². The number of ether oxygens (including phenoxy) is 3. The molecule has 4 heteroatoms. The molecule has 0 fully saturated rings. The van der Waals surface area contributed by atoms with Crippen molar-refractivity contribution < 1.29 is 19.0 Å². The van der Waals surface area contributed by atoms with Gasteiger partial charge in [0.15, 0.2) is 0 Å². The average Bonchev–Trinajstić information content (AvgIpc) is 2.54. The summed E-state index contributed by atoms with van der Waals surface area (Å²) < 4.78 is 16.7. The number of hydrogen-bond donors (Lipinski definition) is 0. The Morgan fingerprint density at radius 2 is 1.50 bits per heavy atom. The van der Waals surface area contributed by atoms with Gasteiger partial charge in [-0.25, -0.2) is 4.79 Å². The lowest BCUT2D eigenvalue weighted by molar-refractivity contribution is -0.139. The zero-order valence-electron chi connectivity index (χ0n) is 17.8. The number of esters is 1. The van der Waals surface area contributed by atoms with Crippen LogP contribution in [0, 0.1) is 0 Å². The Morgan fingerprint density at radius 3 is 1.96 bits per heavy atom. The molecule has 1 aromatic carbocycles. The van der Waals surface area contributed by atoms with Crippen LogP contribution in [-0.2, 0) is 20.4 Å². The number of hydrogen-bond acceptors (Lipinski definition) is 4. The molecule has 0 saturated carbocycles. The number of rotatable bonds is 6. The van der Waals surface area contributed by atoms with E-state index >= 15 is 0 Å². The molecule has 0 aliphatic carbocycles. The van der Waals surface area contributed by atoms with Gasteiger partial charge in [-0.15, -0.1) is 0 Å². The molecule has 0 heterocycles. The van der Waals surface area contributed by atoms with E-state index in [0.717, 1.165) is 29.0 Å². The summed E-state index contributed by atoms with van der Waals surface area (Å²) in [6.07, 6.45) is 2.27. The van der Waals surface area contributed by atoms with Gasteiger partial charge in [0.1, 0.15) is 17.8 Å². The molecule has 0 amide bonds. The highest BCUT2D eigenvalue weighted by Gasteiger charge is 2.26.